The molecule has 0 fully saturated rings. The van der Waals surface area contributed by atoms with Crippen molar-refractivity contribution < 1.29 is 9.90 Å². The van der Waals surface area contributed by atoms with Crippen molar-refractivity contribution in [3.8, 4) is 0 Å². The molecule has 1 aromatic carbocycles. The van der Waals surface area contributed by atoms with Gasteiger partial charge in [-0.25, -0.2) is 4.79 Å². The molecule has 1 atom stereocenters. The van der Waals surface area contributed by atoms with Gasteiger partial charge < -0.3 is 9.67 Å². The zero-order valence-electron chi connectivity index (χ0n) is 10.2. The van der Waals surface area contributed by atoms with Crippen molar-refractivity contribution in [1.29, 1.82) is 0 Å². The van der Waals surface area contributed by atoms with Gasteiger partial charge in [0.15, 0.2) is 0 Å². The van der Waals surface area contributed by atoms with Crippen LogP contribution in [0.5, 0.6) is 0 Å². The zero-order valence-corrected chi connectivity index (χ0v) is 10.2. The number of carboxylic acid groups (broad SMARTS) is 1. The minimum Gasteiger partial charge on any atom is -0.477 e. The summed E-state index contributed by atoms with van der Waals surface area (Å²) in [5.41, 5.74) is 1.39. The third-order valence-electron chi connectivity index (χ3n) is 3.22. The summed E-state index contributed by atoms with van der Waals surface area (Å²) in [6.45, 7) is 5.02. The molecule has 3 nitrogen and oxygen atoms in total. The molecule has 2 rings (SSSR count). The van der Waals surface area contributed by atoms with Crippen LogP contribution in [0.1, 0.15) is 30.8 Å². The first-order valence-electron chi connectivity index (χ1n) is 5.95. The summed E-state index contributed by atoms with van der Waals surface area (Å²) in [5, 5.41) is 10.2. The van der Waals surface area contributed by atoms with E-state index >= 15 is 0 Å². The van der Waals surface area contributed by atoms with Crippen molar-refractivity contribution in [2.45, 2.75) is 26.8 Å². The minimum atomic E-state index is -0.857. The number of hydrogen-bond acceptors (Lipinski definition) is 1. The summed E-state index contributed by atoms with van der Waals surface area (Å²) < 4.78 is 1.91. The summed E-state index contributed by atoms with van der Waals surface area (Å²) in [4.78, 5) is 11.2. The first-order chi connectivity index (χ1) is 8.13. The molecule has 0 aliphatic rings. The van der Waals surface area contributed by atoms with Crippen molar-refractivity contribution in [1.82, 2.24) is 4.57 Å². The fourth-order valence-corrected chi connectivity index (χ4v) is 2.03. The van der Waals surface area contributed by atoms with Gasteiger partial charge in [0.25, 0.3) is 0 Å². The van der Waals surface area contributed by atoms with Gasteiger partial charge in [-0.05, 0) is 18.1 Å². The topological polar surface area (TPSA) is 42.2 Å². The van der Waals surface area contributed by atoms with Crippen LogP contribution in [0.25, 0.3) is 10.9 Å². The van der Waals surface area contributed by atoms with E-state index in [1.807, 2.05) is 28.8 Å². The molecule has 2 aromatic rings. The lowest BCUT2D eigenvalue weighted by Crippen LogP contribution is -2.12. The average molecular weight is 231 g/mol. The highest BCUT2D eigenvalue weighted by Crippen LogP contribution is 2.21. The maximum atomic E-state index is 11.2. The zero-order chi connectivity index (χ0) is 12.4. The van der Waals surface area contributed by atoms with Crippen LogP contribution in [-0.2, 0) is 6.54 Å². The van der Waals surface area contributed by atoms with Gasteiger partial charge in [-0.2, -0.15) is 0 Å². The predicted molar refractivity (Wildman–Crippen MR) is 68.4 cm³/mol. The Kier molecular flexibility index (Phi) is 3.18. The molecule has 0 aliphatic carbocycles. The van der Waals surface area contributed by atoms with E-state index in [-0.39, 0.29) is 0 Å². The number of carbonyl (C=O) groups is 1. The highest BCUT2D eigenvalue weighted by atomic mass is 16.4. The van der Waals surface area contributed by atoms with Gasteiger partial charge in [-0.1, -0.05) is 38.5 Å². The van der Waals surface area contributed by atoms with Gasteiger partial charge in [-0.3, -0.25) is 0 Å². The molecule has 1 unspecified atom stereocenters. The van der Waals surface area contributed by atoms with E-state index in [1.165, 1.54) is 0 Å². The lowest BCUT2D eigenvalue weighted by molar-refractivity contribution is 0.0684. The number of carboxylic acids is 1. The summed E-state index contributed by atoms with van der Waals surface area (Å²) in [6, 6.07) is 9.56. The minimum absolute atomic E-state index is 0.381. The molecule has 1 N–H and O–H groups in total. The van der Waals surface area contributed by atoms with Crippen molar-refractivity contribution >= 4 is 16.9 Å². The molecule has 1 aromatic heterocycles. The number of rotatable bonds is 4. The van der Waals surface area contributed by atoms with E-state index in [0.717, 1.165) is 23.9 Å². The van der Waals surface area contributed by atoms with Crippen LogP contribution in [-0.4, -0.2) is 15.6 Å². The largest absolute Gasteiger partial charge is 0.477 e. The van der Waals surface area contributed by atoms with Crippen LogP contribution >= 0.6 is 0 Å². The summed E-state index contributed by atoms with van der Waals surface area (Å²) in [5.74, 6) is -0.381. The second-order valence-corrected chi connectivity index (χ2v) is 4.52. The highest BCUT2D eigenvalue weighted by Gasteiger charge is 2.15. The third kappa shape index (κ3) is 2.18. The van der Waals surface area contributed by atoms with Crippen LogP contribution in [0.2, 0.25) is 0 Å². The molecule has 0 saturated heterocycles. The maximum Gasteiger partial charge on any atom is 0.352 e. The maximum absolute atomic E-state index is 11.2. The summed E-state index contributed by atoms with van der Waals surface area (Å²) in [7, 11) is 0. The molecule has 1 heterocycles. The number of benzene rings is 1. The highest BCUT2D eigenvalue weighted by molar-refractivity contribution is 5.94. The first kappa shape index (κ1) is 11.7. The van der Waals surface area contributed by atoms with E-state index in [9.17, 15) is 9.90 Å². The van der Waals surface area contributed by atoms with E-state index < -0.39 is 5.97 Å². The molecule has 0 radical (unpaired) electrons. The number of aromatic nitrogens is 1. The molecule has 17 heavy (non-hydrogen) atoms. The van der Waals surface area contributed by atoms with Gasteiger partial charge in [0.1, 0.15) is 5.69 Å². The predicted octanol–water partition coefficient (Wildman–Crippen LogP) is 3.39. The van der Waals surface area contributed by atoms with Crippen molar-refractivity contribution in [3.63, 3.8) is 0 Å². The number of para-hydroxylation sites is 1. The van der Waals surface area contributed by atoms with Crippen LogP contribution in [0, 0.1) is 5.92 Å². The van der Waals surface area contributed by atoms with Crippen molar-refractivity contribution in [2.75, 3.05) is 0 Å². The third-order valence-corrected chi connectivity index (χ3v) is 3.22. The monoisotopic (exact) mass is 231 g/mol. The molecular weight excluding hydrogens is 214 g/mol. The Bertz CT molecular complexity index is 542. The Labute approximate surface area is 101 Å². The van der Waals surface area contributed by atoms with Crippen molar-refractivity contribution in [2.24, 2.45) is 5.92 Å². The Morgan fingerprint density at radius 2 is 2.12 bits per heavy atom. The molecule has 0 aliphatic heterocycles. The molecule has 0 spiro atoms. The van der Waals surface area contributed by atoms with Crippen molar-refractivity contribution in [3.05, 3.63) is 36.0 Å². The lowest BCUT2D eigenvalue weighted by atomic mass is 10.1. The fraction of sp³-hybridized carbons (Fsp3) is 0.357. The van der Waals surface area contributed by atoms with Gasteiger partial charge in [-0.15, -0.1) is 0 Å². The smallest absolute Gasteiger partial charge is 0.352 e. The van der Waals surface area contributed by atoms with Crippen LogP contribution < -0.4 is 0 Å². The van der Waals surface area contributed by atoms with Gasteiger partial charge >= 0.3 is 5.97 Å². The molecule has 0 saturated carbocycles. The van der Waals surface area contributed by atoms with Gasteiger partial charge in [0.2, 0.25) is 0 Å². The number of fused-ring (bicyclic) bond motifs is 1. The molecule has 90 valence electrons. The van der Waals surface area contributed by atoms with Gasteiger partial charge in [0.05, 0.1) is 0 Å². The van der Waals surface area contributed by atoms with E-state index in [0.29, 0.717) is 11.6 Å². The number of aromatic carboxylic acids is 1. The second-order valence-electron chi connectivity index (χ2n) is 4.52. The Hall–Kier alpha value is -1.77. The quantitative estimate of drug-likeness (QED) is 0.876. The molecule has 0 bridgehead atoms. The van der Waals surface area contributed by atoms with Crippen LogP contribution in [0.15, 0.2) is 30.3 Å². The first-order valence-corrected chi connectivity index (χ1v) is 5.95. The van der Waals surface area contributed by atoms with Crippen LogP contribution in [0.3, 0.4) is 0 Å². The normalized spacial score (nSPS) is 12.8. The van der Waals surface area contributed by atoms with E-state index in [2.05, 4.69) is 13.8 Å². The lowest BCUT2D eigenvalue weighted by Gasteiger charge is -2.13. The SMILES string of the molecule is CCC(C)Cn1c(C(=O)O)cc2ccccc21. The second kappa shape index (κ2) is 4.62. The Balaban J connectivity index is 2.55. The molecule has 3 heteroatoms. The van der Waals surface area contributed by atoms with E-state index in [1.54, 1.807) is 6.07 Å². The Morgan fingerprint density at radius 3 is 2.76 bits per heavy atom. The fourth-order valence-electron chi connectivity index (χ4n) is 2.03. The number of nitrogens with zero attached hydrogens (tertiary/aromatic N) is 1. The average Bonchev–Trinajstić information content (AvgIpc) is 2.68. The van der Waals surface area contributed by atoms with Gasteiger partial charge in [0, 0.05) is 17.4 Å². The van der Waals surface area contributed by atoms with E-state index in [4.69, 9.17) is 0 Å². The molecular formula is C14H17NO2. The molecule has 0 amide bonds. The standard InChI is InChI=1S/C14H17NO2/c1-3-10(2)9-15-12-7-5-4-6-11(12)8-13(15)14(16)17/h4-8,10H,3,9H2,1-2H3,(H,16,17). The summed E-state index contributed by atoms with van der Waals surface area (Å²) in [6.07, 6.45) is 1.05. The van der Waals surface area contributed by atoms with Crippen LogP contribution in [0.4, 0.5) is 0 Å². The Morgan fingerprint density at radius 1 is 1.41 bits per heavy atom. The number of hydrogen-bond donors (Lipinski definition) is 1. The summed E-state index contributed by atoms with van der Waals surface area (Å²) >= 11 is 0.